The van der Waals surface area contributed by atoms with E-state index in [2.05, 4.69) is 16.9 Å². The van der Waals surface area contributed by atoms with E-state index in [9.17, 15) is 9.90 Å². The summed E-state index contributed by atoms with van der Waals surface area (Å²) in [5, 5.41) is 10.1. The van der Waals surface area contributed by atoms with Crippen LogP contribution in [0.2, 0.25) is 0 Å². The summed E-state index contributed by atoms with van der Waals surface area (Å²) in [6, 6.07) is 1.48. The molecular formula is C13H16N2O2S. The molecule has 0 saturated heterocycles. The number of rotatable bonds is 3. The van der Waals surface area contributed by atoms with Crippen LogP contribution >= 0.6 is 11.8 Å². The third kappa shape index (κ3) is 3.26. The van der Waals surface area contributed by atoms with E-state index in [1.807, 2.05) is 13.0 Å². The van der Waals surface area contributed by atoms with E-state index >= 15 is 0 Å². The molecule has 0 saturated carbocycles. The van der Waals surface area contributed by atoms with Gasteiger partial charge in [0.25, 0.3) is 5.56 Å². The standard InChI is InChI=1S/C13H16N2O2S/c1-8-5-11(16)4-3-10(8)7-18-13-14-9(2)6-12(17)15-13/h3-4,6,8,16H,5,7H2,1-2H3,(H,14,15,17). The summed E-state index contributed by atoms with van der Waals surface area (Å²) in [6.07, 6.45) is 4.37. The van der Waals surface area contributed by atoms with Gasteiger partial charge in [0.2, 0.25) is 0 Å². The molecule has 2 rings (SSSR count). The van der Waals surface area contributed by atoms with E-state index in [1.165, 1.54) is 23.4 Å². The summed E-state index contributed by atoms with van der Waals surface area (Å²) in [5.74, 6) is 1.54. The fourth-order valence-electron chi connectivity index (χ4n) is 1.84. The van der Waals surface area contributed by atoms with Gasteiger partial charge in [-0.15, -0.1) is 0 Å². The van der Waals surface area contributed by atoms with Gasteiger partial charge in [-0.2, -0.15) is 0 Å². The molecule has 18 heavy (non-hydrogen) atoms. The van der Waals surface area contributed by atoms with Gasteiger partial charge in [0.15, 0.2) is 5.16 Å². The first-order valence-corrected chi connectivity index (χ1v) is 6.82. The first-order valence-electron chi connectivity index (χ1n) is 5.84. The molecular weight excluding hydrogens is 248 g/mol. The molecule has 0 spiro atoms. The Morgan fingerprint density at radius 3 is 3.00 bits per heavy atom. The number of aryl methyl sites for hydroxylation is 1. The van der Waals surface area contributed by atoms with Crippen molar-refractivity contribution < 1.29 is 5.11 Å². The SMILES string of the molecule is Cc1cc(=O)[nH]c(SCC2=CC=C(O)CC2C)n1. The fourth-order valence-corrected chi connectivity index (χ4v) is 2.91. The van der Waals surface area contributed by atoms with Crippen molar-refractivity contribution in [1.82, 2.24) is 9.97 Å². The fraction of sp³-hybridized carbons (Fsp3) is 0.385. The van der Waals surface area contributed by atoms with Gasteiger partial charge in [0.05, 0.1) is 5.76 Å². The number of aliphatic hydroxyl groups is 1. The van der Waals surface area contributed by atoms with E-state index in [4.69, 9.17) is 0 Å². The molecule has 1 aliphatic carbocycles. The van der Waals surface area contributed by atoms with Gasteiger partial charge in [-0.3, -0.25) is 4.79 Å². The number of aromatic nitrogens is 2. The van der Waals surface area contributed by atoms with Crippen LogP contribution in [0.4, 0.5) is 0 Å². The number of aromatic amines is 1. The topological polar surface area (TPSA) is 66.0 Å². The van der Waals surface area contributed by atoms with Crippen LogP contribution in [0.25, 0.3) is 0 Å². The predicted molar refractivity (Wildman–Crippen MR) is 72.9 cm³/mol. The number of hydrogen-bond acceptors (Lipinski definition) is 4. The normalized spacial score (nSPS) is 19.3. The Labute approximate surface area is 110 Å². The zero-order valence-corrected chi connectivity index (χ0v) is 11.3. The number of allylic oxidation sites excluding steroid dienone is 3. The minimum atomic E-state index is -0.117. The molecule has 1 unspecified atom stereocenters. The van der Waals surface area contributed by atoms with E-state index in [-0.39, 0.29) is 5.56 Å². The molecule has 2 N–H and O–H groups in total. The van der Waals surface area contributed by atoms with Gasteiger partial charge in [-0.25, -0.2) is 4.98 Å². The average Bonchev–Trinajstić information content (AvgIpc) is 2.26. The zero-order chi connectivity index (χ0) is 13.1. The quantitative estimate of drug-likeness (QED) is 0.650. The number of hydrogen-bond donors (Lipinski definition) is 2. The molecule has 0 aromatic carbocycles. The van der Waals surface area contributed by atoms with Crippen molar-refractivity contribution in [2.45, 2.75) is 25.4 Å². The Kier molecular flexibility index (Phi) is 3.91. The van der Waals surface area contributed by atoms with Crippen LogP contribution in [0.1, 0.15) is 19.0 Å². The molecule has 0 fully saturated rings. The predicted octanol–water partition coefficient (Wildman–Crippen LogP) is 2.58. The van der Waals surface area contributed by atoms with Crippen LogP contribution in [0.3, 0.4) is 0 Å². The van der Waals surface area contributed by atoms with Crippen LogP contribution in [0.5, 0.6) is 0 Å². The second-order valence-electron chi connectivity index (χ2n) is 4.49. The molecule has 1 aromatic rings. The van der Waals surface area contributed by atoms with Crippen molar-refractivity contribution in [2.24, 2.45) is 5.92 Å². The van der Waals surface area contributed by atoms with Crippen molar-refractivity contribution in [2.75, 3.05) is 5.75 Å². The van der Waals surface area contributed by atoms with Crippen molar-refractivity contribution >= 4 is 11.8 Å². The summed E-state index contributed by atoms with van der Waals surface area (Å²) >= 11 is 1.51. The molecule has 0 amide bonds. The maximum atomic E-state index is 11.3. The molecule has 0 bridgehead atoms. The van der Waals surface area contributed by atoms with Crippen molar-refractivity contribution in [3.05, 3.63) is 45.6 Å². The van der Waals surface area contributed by atoms with E-state index in [0.717, 1.165) is 11.4 Å². The molecule has 5 heteroatoms. The number of nitrogens with zero attached hydrogens (tertiary/aromatic N) is 1. The second kappa shape index (κ2) is 5.44. The lowest BCUT2D eigenvalue weighted by molar-refractivity contribution is 0.365. The van der Waals surface area contributed by atoms with Gasteiger partial charge >= 0.3 is 0 Å². The second-order valence-corrected chi connectivity index (χ2v) is 5.45. The largest absolute Gasteiger partial charge is 0.512 e. The molecule has 1 heterocycles. The van der Waals surface area contributed by atoms with E-state index in [1.54, 1.807) is 6.08 Å². The summed E-state index contributed by atoms with van der Waals surface area (Å²) in [4.78, 5) is 18.3. The van der Waals surface area contributed by atoms with Crippen LogP contribution in [-0.4, -0.2) is 20.8 Å². The van der Waals surface area contributed by atoms with Gasteiger partial charge in [0, 0.05) is 23.9 Å². The Morgan fingerprint density at radius 1 is 1.56 bits per heavy atom. The van der Waals surface area contributed by atoms with Crippen LogP contribution < -0.4 is 5.56 Å². The average molecular weight is 264 g/mol. The molecule has 4 nitrogen and oxygen atoms in total. The van der Waals surface area contributed by atoms with Gasteiger partial charge in [0.1, 0.15) is 0 Å². The minimum Gasteiger partial charge on any atom is -0.512 e. The molecule has 1 aliphatic rings. The van der Waals surface area contributed by atoms with Gasteiger partial charge in [-0.05, 0) is 18.9 Å². The van der Waals surface area contributed by atoms with Gasteiger partial charge < -0.3 is 10.1 Å². The highest BCUT2D eigenvalue weighted by Gasteiger charge is 2.15. The lowest BCUT2D eigenvalue weighted by Gasteiger charge is -2.18. The Hall–Kier alpha value is -1.49. The number of H-pyrrole nitrogens is 1. The van der Waals surface area contributed by atoms with Gasteiger partial charge in [-0.1, -0.05) is 30.3 Å². The zero-order valence-electron chi connectivity index (χ0n) is 10.4. The summed E-state index contributed by atoms with van der Waals surface area (Å²) < 4.78 is 0. The summed E-state index contributed by atoms with van der Waals surface area (Å²) in [6.45, 7) is 3.89. The molecule has 0 aliphatic heterocycles. The smallest absolute Gasteiger partial charge is 0.251 e. The minimum absolute atomic E-state index is 0.117. The summed E-state index contributed by atoms with van der Waals surface area (Å²) in [7, 11) is 0. The monoisotopic (exact) mass is 264 g/mol. The van der Waals surface area contributed by atoms with Crippen LogP contribution in [0, 0.1) is 12.8 Å². The van der Waals surface area contributed by atoms with Crippen LogP contribution in [0.15, 0.2) is 39.5 Å². The molecule has 1 atom stereocenters. The number of thioether (sulfide) groups is 1. The molecule has 96 valence electrons. The molecule has 0 radical (unpaired) electrons. The lowest BCUT2D eigenvalue weighted by atomic mass is 9.94. The highest BCUT2D eigenvalue weighted by atomic mass is 32.2. The number of nitrogens with one attached hydrogen (secondary N) is 1. The maximum absolute atomic E-state index is 11.3. The van der Waals surface area contributed by atoms with E-state index < -0.39 is 0 Å². The van der Waals surface area contributed by atoms with E-state index in [0.29, 0.717) is 23.3 Å². The summed E-state index contributed by atoms with van der Waals surface area (Å²) in [5.41, 5.74) is 1.86. The Morgan fingerprint density at radius 2 is 2.33 bits per heavy atom. The highest BCUT2D eigenvalue weighted by molar-refractivity contribution is 7.99. The first-order chi connectivity index (χ1) is 8.54. The number of aliphatic hydroxyl groups excluding tert-OH is 1. The van der Waals surface area contributed by atoms with Crippen molar-refractivity contribution in [3.8, 4) is 0 Å². The molecule has 1 aromatic heterocycles. The lowest BCUT2D eigenvalue weighted by Crippen LogP contribution is -2.10. The maximum Gasteiger partial charge on any atom is 0.251 e. The van der Waals surface area contributed by atoms with Crippen molar-refractivity contribution in [3.63, 3.8) is 0 Å². The first kappa shape index (κ1) is 13.0. The van der Waals surface area contributed by atoms with Crippen LogP contribution in [-0.2, 0) is 0 Å². The van der Waals surface area contributed by atoms with Crippen molar-refractivity contribution in [1.29, 1.82) is 0 Å². The Bertz CT molecular complexity index is 560. The highest BCUT2D eigenvalue weighted by Crippen LogP contribution is 2.27. The third-order valence-electron chi connectivity index (χ3n) is 2.86. The third-order valence-corrected chi connectivity index (χ3v) is 3.81. The Balaban J connectivity index is 2.06.